The number of rotatable bonds is 7. The van der Waals surface area contributed by atoms with Crippen molar-refractivity contribution in [3.05, 3.63) is 59.2 Å². The zero-order chi connectivity index (χ0) is 19.3. The summed E-state index contributed by atoms with van der Waals surface area (Å²) in [5, 5.41) is 3.06. The molecule has 0 unspecified atom stereocenters. The van der Waals surface area contributed by atoms with E-state index in [-0.39, 0.29) is 11.9 Å². The van der Waals surface area contributed by atoms with Crippen LogP contribution in [0.15, 0.2) is 42.5 Å². The molecule has 0 saturated carbocycles. The Morgan fingerprint density at radius 1 is 1.00 bits per heavy atom. The number of ether oxygens (including phenoxy) is 2. The van der Waals surface area contributed by atoms with Crippen LogP contribution in [0.25, 0.3) is 0 Å². The maximum absolute atomic E-state index is 12.5. The van der Waals surface area contributed by atoms with Crippen LogP contribution in [0.2, 0.25) is 0 Å². The Morgan fingerprint density at radius 3 is 2.23 bits per heavy atom. The lowest BCUT2D eigenvalue weighted by Crippen LogP contribution is -2.38. The molecule has 4 nitrogen and oxygen atoms in total. The second-order valence-electron chi connectivity index (χ2n) is 6.91. The molecule has 2 aromatic carbocycles. The van der Waals surface area contributed by atoms with E-state index < -0.39 is 6.10 Å². The molecule has 1 amide bonds. The summed E-state index contributed by atoms with van der Waals surface area (Å²) in [4.78, 5) is 12.5. The Kier molecular flexibility index (Phi) is 6.67. The number of amides is 1. The lowest BCUT2D eigenvalue weighted by atomic mass is 9.93. The first-order valence-corrected chi connectivity index (χ1v) is 9.04. The minimum atomic E-state index is -0.567. The van der Waals surface area contributed by atoms with Gasteiger partial charge in [-0.3, -0.25) is 4.79 Å². The molecule has 0 aliphatic heterocycles. The molecule has 0 aromatic heterocycles. The van der Waals surface area contributed by atoms with Crippen LogP contribution in [0.3, 0.4) is 0 Å². The molecule has 0 saturated heterocycles. The highest BCUT2D eigenvalue weighted by molar-refractivity contribution is 5.81. The Hall–Kier alpha value is -2.49. The minimum absolute atomic E-state index is 0.118. The highest BCUT2D eigenvalue weighted by atomic mass is 16.5. The van der Waals surface area contributed by atoms with E-state index >= 15 is 0 Å². The molecule has 0 aliphatic carbocycles. The predicted octanol–water partition coefficient (Wildman–Crippen LogP) is 4.77. The summed E-state index contributed by atoms with van der Waals surface area (Å²) in [6.07, 6.45) is -0.567. The van der Waals surface area contributed by atoms with Crippen molar-refractivity contribution < 1.29 is 14.3 Å². The molecule has 2 rings (SSSR count). The van der Waals surface area contributed by atoms with Crippen LogP contribution in [-0.4, -0.2) is 19.1 Å². The number of methoxy groups -OCH3 is 1. The molecule has 0 radical (unpaired) electrons. The lowest BCUT2D eigenvalue weighted by molar-refractivity contribution is -0.127. The van der Waals surface area contributed by atoms with E-state index in [1.807, 2.05) is 50.2 Å². The summed E-state index contributed by atoms with van der Waals surface area (Å²) in [7, 11) is 1.69. The van der Waals surface area contributed by atoms with E-state index in [0.29, 0.717) is 11.7 Å². The second-order valence-corrected chi connectivity index (χ2v) is 6.91. The van der Waals surface area contributed by atoms with Gasteiger partial charge in [0, 0.05) is 0 Å². The van der Waals surface area contributed by atoms with Crippen LogP contribution in [-0.2, 0) is 4.79 Å². The quantitative estimate of drug-likeness (QED) is 0.778. The van der Waals surface area contributed by atoms with Gasteiger partial charge in [-0.15, -0.1) is 0 Å². The van der Waals surface area contributed by atoms with Gasteiger partial charge in [0.25, 0.3) is 5.91 Å². The summed E-state index contributed by atoms with van der Waals surface area (Å²) in [5.41, 5.74) is 3.33. The van der Waals surface area contributed by atoms with Crippen LogP contribution < -0.4 is 14.8 Å². The van der Waals surface area contributed by atoms with E-state index in [9.17, 15) is 4.79 Å². The van der Waals surface area contributed by atoms with E-state index in [0.717, 1.165) is 22.4 Å². The van der Waals surface area contributed by atoms with Gasteiger partial charge in [0.15, 0.2) is 6.10 Å². The number of nitrogens with one attached hydrogen (secondary N) is 1. The predicted molar refractivity (Wildman–Crippen MR) is 105 cm³/mol. The lowest BCUT2D eigenvalue weighted by Gasteiger charge is -2.22. The minimum Gasteiger partial charge on any atom is -0.496 e. The number of para-hydroxylation sites is 1. The van der Waals surface area contributed by atoms with Crippen molar-refractivity contribution in [3.63, 3.8) is 0 Å². The van der Waals surface area contributed by atoms with E-state index in [4.69, 9.17) is 9.47 Å². The third kappa shape index (κ3) is 4.78. The van der Waals surface area contributed by atoms with Crippen molar-refractivity contribution >= 4 is 5.91 Å². The van der Waals surface area contributed by atoms with Gasteiger partial charge in [-0.1, -0.05) is 32.0 Å². The van der Waals surface area contributed by atoms with Gasteiger partial charge in [0.1, 0.15) is 11.5 Å². The van der Waals surface area contributed by atoms with Gasteiger partial charge in [0.2, 0.25) is 0 Å². The average molecular weight is 355 g/mol. The highest BCUT2D eigenvalue weighted by Gasteiger charge is 2.20. The summed E-state index contributed by atoms with van der Waals surface area (Å²) in [5.74, 6) is 1.78. The largest absolute Gasteiger partial charge is 0.496 e. The Morgan fingerprint density at radius 2 is 1.65 bits per heavy atom. The monoisotopic (exact) mass is 355 g/mol. The number of hydrogen-bond acceptors (Lipinski definition) is 3. The summed E-state index contributed by atoms with van der Waals surface area (Å²) >= 11 is 0. The molecule has 26 heavy (non-hydrogen) atoms. The van der Waals surface area contributed by atoms with Gasteiger partial charge in [0.05, 0.1) is 13.2 Å². The van der Waals surface area contributed by atoms with Crippen LogP contribution in [0.1, 0.15) is 56.3 Å². The summed E-state index contributed by atoms with van der Waals surface area (Å²) in [6.45, 7) is 10.1. The molecule has 1 N–H and O–H groups in total. The Labute approximate surface area is 156 Å². The summed E-state index contributed by atoms with van der Waals surface area (Å²) < 4.78 is 11.2. The SMILES string of the molecule is COc1cc(C)c([C@@H](C)NC(=O)[C@@H](C)Oc2ccccc2)cc1C(C)C. The average Bonchev–Trinajstić information content (AvgIpc) is 2.61. The highest BCUT2D eigenvalue weighted by Crippen LogP contribution is 2.32. The fourth-order valence-corrected chi connectivity index (χ4v) is 2.98. The van der Waals surface area contributed by atoms with Crippen molar-refractivity contribution in [3.8, 4) is 11.5 Å². The zero-order valence-electron chi connectivity index (χ0n) is 16.5. The molecule has 0 bridgehead atoms. The molecule has 0 aliphatic rings. The van der Waals surface area contributed by atoms with Crippen LogP contribution in [0.4, 0.5) is 0 Å². The molecule has 2 atom stereocenters. The maximum Gasteiger partial charge on any atom is 0.261 e. The number of hydrogen-bond donors (Lipinski definition) is 1. The first-order chi connectivity index (χ1) is 12.3. The topological polar surface area (TPSA) is 47.6 Å². The van der Waals surface area contributed by atoms with Crippen molar-refractivity contribution in [2.24, 2.45) is 0 Å². The van der Waals surface area contributed by atoms with Crippen molar-refractivity contribution in [1.82, 2.24) is 5.32 Å². The Balaban J connectivity index is 2.12. The van der Waals surface area contributed by atoms with E-state index in [1.165, 1.54) is 0 Å². The molecular formula is C22H29NO3. The molecule has 0 spiro atoms. The number of aryl methyl sites for hydroxylation is 1. The third-order valence-electron chi connectivity index (χ3n) is 4.49. The third-order valence-corrected chi connectivity index (χ3v) is 4.49. The van der Waals surface area contributed by atoms with E-state index in [2.05, 4.69) is 25.2 Å². The first kappa shape index (κ1) is 19.8. The van der Waals surface area contributed by atoms with Gasteiger partial charge < -0.3 is 14.8 Å². The van der Waals surface area contributed by atoms with Crippen LogP contribution >= 0.6 is 0 Å². The number of carbonyl (C=O) groups excluding carboxylic acids is 1. The van der Waals surface area contributed by atoms with Gasteiger partial charge in [-0.25, -0.2) is 0 Å². The molecule has 0 fully saturated rings. The van der Waals surface area contributed by atoms with E-state index in [1.54, 1.807) is 14.0 Å². The maximum atomic E-state index is 12.5. The summed E-state index contributed by atoms with van der Waals surface area (Å²) in [6, 6.07) is 13.4. The smallest absolute Gasteiger partial charge is 0.261 e. The first-order valence-electron chi connectivity index (χ1n) is 9.04. The Bertz CT molecular complexity index is 741. The van der Waals surface area contributed by atoms with Gasteiger partial charge >= 0.3 is 0 Å². The number of carbonyl (C=O) groups is 1. The molecule has 4 heteroatoms. The standard InChI is InChI=1S/C22H29NO3/c1-14(2)19-13-20(15(3)12-21(19)25-6)16(4)23-22(24)17(5)26-18-10-8-7-9-11-18/h7-14,16-17H,1-6H3,(H,23,24)/t16-,17-/m1/s1. The van der Waals surface area contributed by atoms with Gasteiger partial charge in [-0.2, -0.15) is 0 Å². The molecule has 0 heterocycles. The van der Waals surface area contributed by atoms with Crippen LogP contribution in [0.5, 0.6) is 11.5 Å². The normalized spacial score (nSPS) is 13.2. The zero-order valence-corrected chi connectivity index (χ0v) is 16.5. The number of benzene rings is 2. The van der Waals surface area contributed by atoms with Crippen molar-refractivity contribution in [1.29, 1.82) is 0 Å². The fraction of sp³-hybridized carbons (Fsp3) is 0.409. The molecule has 140 valence electrons. The van der Waals surface area contributed by atoms with Gasteiger partial charge in [-0.05, 0) is 67.6 Å². The molecule has 2 aromatic rings. The van der Waals surface area contributed by atoms with Crippen molar-refractivity contribution in [2.75, 3.05) is 7.11 Å². The second kappa shape index (κ2) is 8.75. The fourth-order valence-electron chi connectivity index (χ4n) is 2.98. The van der Waals surface area contributed by atoms with Crippen molar-refractivity contribution in [2.45, 2.75) is 52.7 Å². The molecular weight excluding hydrogens is 326 g/mol. The van der Waals surface area contributed by atoms with Crippen LogP contribution in [0, 0.1) is 6.92 Å².